The van der Waals surface area contributed by atoms with Crippen LogP contribution >= 0.6 is 0 Å². The zero-order valence-electron chi connectivity index (χ0n) is 22.9. The molecule has 5 nitrogen and oxygen atoms in total. The first-order valence-electron chi connectivity index (χ1n) is 13.8. The first-order valence-corrected chi connectivity index (χ1v) is 13.8. The molecule has 9 rings (SSSR count). The van der Waals surface area contributed by atoms with Crippen molar-refractivity contribution in [2.75, 3.05) is 0 Å². The predicted molar refractivity (Wildman–Crippen MR) is 155 cm³/mol. The van der Waals surface area contributed by atoms with Crippen LogP contribution in [0, 0.1) is 27.7 Å². The summed E-state index contributed by atoms with van der Waals surface area (Å²) < 4.78 is 13.6. The lowest BCUT2D eigenvalue weighted by Gasteiger charge is -2.29. The second kappa shape index (κ2) is 7.19. The van der Waals surface area contributed by atoms with Gasteiger partial charge in [0, 0.05) is 24.1 Å². The fourth-order valence-electron chi connectivity index (χ4n) is 7.62. The Morgan fingerprint density at radius 1 is 0.725 bits per heavy atom. The van der Waals surface area contributed by atoms with Crippen molar-refractivity contribution >= 4 is 0 Å². The molecule has 2 aromatic heterocycles. The van der Waals surface area contributed by atoms with E-state index in [9.17, 15) is 0 Å². The Balaban J connectivity index is 1.35. The van der Waals surface area contributed by atoms with Crippen LogP contribution in [0.4, 0.5) is 0 Å². The number of hydrogen-bond donors (Lipinski definition) is 0. The minimum Gasteiger partial charge on any atom is -0.456 e. The third-order valence-electron chi connectivity index (χ3n) is 8.96. The molecule has 4 aromatic carbocycles. The zero-order chi connectivity index (χ0) is 26.9. The van der Waals surface area contributed by atoms with Crippen LogP contribution < -0.4 is 9.42 Å². The van der Waals surface area contributed by atoms with Crippen LogP contribution in [0.5, 0.6) is 11.5 Å². The van der Waals surface area contributed by atoms with Crippen molar-refractivity contribution in [2.24, 2.45) is 0 Å². The fourth-order valence-corrected chi connectivity index (χ4v) is 7.62. The van der Waals surface area contributed by atoms with E-state index in [-0.39, 0.29) is 0 Å². The van der Waals surface area contributed by atoms with Gasteiger partial charge in [0.1, 0.15) is 28.3 Å². The standard InChI is InChI=1S/C35H27N4O/c1-20-16-25(24-10-6-5-7-11-24)17-21(2)32(20)27-19-29-26-12-8-14-30-33(26)35(38(29)36-27)34-28(13-9-15-31(34)40-30)37-22(3)18-23(4)39(35)37/h5-19H,1-4H3/q+1. The van der Waals surface area contributed by atoms with Gasteiger partial charge in [-0.2, -0.15) is 9.78 Å². The normalized spacial score (nSPS) is 16.8. The third kappa shape index (κ3) is 2.40. The maximum absolute atomic E-state index is 6.58. The highest BCUT2D eigenvalue weighted by molar-refractivity contribution is 5.84. The van der Waals surface area contributed by atoms with Crippen LogP contribution in [0.1, 0.15) is 33.6 Å². The van der Waals surface area contributed by atoms with Gasteiger partial charge >= 0.3 is 5.66 Å². The molecule has 40 heavy (non-hydrogen) atoms. The molecule has 0 fully saturated rings. The summed E-state index contributed by atoms with van der Waals surface area (Å²) in [5, 5.41) is 5.48. The molecule has 192 valence electrons. The molecule has 6 aromatic rings. The van der Waals surface area contributed by atoms with Gasteiger partial charge in [-0.1, -0.05) is 65.3 Å². The van der Waals surface area contributed by atoms with E-state index in [2.05, 4.69) is 133 Å². The first-order chi connectivity index (χ1) is 19.5. The molecule has 5 heterocycles. The molecule has 5 heteroatoms. The van der Waals surface area contributed by atoms with Crippen LogP contribution in [0.3, 0.4) is 0 Å². The first kappa shape index (κ1) is 22.0. The van der Waals surface area contributed by atoms with E-state index in [1.807, 2.05) is 0 Å². The van der Waals surface area contributed by atoms with Gasteiger partial charge in [0.25, 0.3) is 0 Å². The van der Waals surface area contributed by atoms with Gasteiger partial charge in [-0.15, -0.1) is 4.68 Å². The number of hydrogen-bond acceptors (Lipinski definition) is 2. The number of benzene rings is 4. The van der Waals surface area contributed by atoms with Crippen molar-refractivity contribution in [1.82, 2.24) is 14.5 Å². The molecule has 0 amide bonds. The average molecular weight is 520 g/mol. The fraction of sp³-hybridized carbons (Fsp3) is 0.143. The molecular formula is C35H27N4O+. The summed E-state index contributed by atoms with van der Waals surface area (Å²) in [7, 11) is 0. The summed E-state index contributed by atoms with van der Waals surface area (Å²) >= 11 is 0. The van der Waals surface area contributed by atoms with Gasteiger partial charge in [0.05, 0.1) is 17.1 Å². The van der Waals surface area contributed by atoms with Crippen molar-refractivity contribution in [1.29, 1.82) is 0 Å². The van der Waals surface area contributed by atoms with Gasteiger partial charge in [-0.25, -0.2) is 0 Å². The Bertz CT molecular complexity index is 2060. The van der Waals surface area contributed by atoms with E-state index in [1.54, 1.807) is 0 Å². The Morgan fingerprint density at radius 3 is 2.23 bits per heavy atom. The molecule has 1 spiro atoms. The molecular weight excluding hydrogens is 492 g/mol. The van der Waals surface area contributed by atoms with E-state index >= 15 is 0 Å². The molecule has 0 bridgehead atoms. The second-order valence-electron chi connectivity index (χ2n) is 11.3. The van der Waals surface area contributed by atoms with Crippen LogP contribution in [-0.2, 0) is 5.66 Å². The van der Waals surface area contributed by atoms with Gasteiger partial charge < -0.3 is 4.74 Å². The highest BCUT2D eigenvalue weighted by Crippen LogP contribution is 2.59. The van der Waals surface area contributed by atoms with Crippen molar-refractivity contribution < 1.29 is 9.42 Å². The van der Waals surface area contributed by atoms with Crippen molar-refractivity contribution in [3.8, 4) is 50.8 Å². The predicted octanol–water partition coefficient (Wildman–Crippen LogP) is 7.23. The number of aromatic nitrogens is 4. The molecule has 0 saturated heterocycles. The largest absolute Gasteiger partial charge is 0.456 e. The number of nitrogens with zero attached hydrogens (tertiary/aromatic N) is 4. The van der Waals surface area contributed by atoms with Crippen LogP contribution in [0.15, 0.2) is 91.0 Å². The minimum absolute atomic E-state index is 0.645. The van der Waals surface area contributed by atoms with Crippen molar-refractivity contribution in [3.63, 3.8) is 0 Å². The minimum atomic E-state index is -0.645. The van der Waals surface area contributed by atoms with Crippen LogP contribution in [-0.4, -0.2) is 14.5 Å². The maximum Gasteiger partial charge on any atom is 0.348 e. The molecule has 3 aliphatic heterocycles. The SMILES string of the molecule is Cc1cc(-c2ccccc2)cc(C)c1-c1cc2n(n1)C13c4c(cccc4-2)Oc2cccc(c21)-n1c(C)cc(C)[n+]13. The van der Waals surface area contributed by atoms with E-state index in [0.29, 0.717) is 0 Å². The Kier molecular flexibility index (Phi) is 3.95. The van der Waals surface area contributed by atoms with Gasteiger partial charge in [-0.05, 0) is 67.3 Å². The average Bonchev–Trinajstić information content (AvgIpc) is 3.66. The molecule has 0 saturated carbocycles. The highest BCUT2D eigenvalue weighted by atomic mass is 16.5. The lowest BCUT2D eigenvalue weighted by molar-refractivity contribution is -0.810. The van der Waals surface area contributed by atoms with E-state index in [1.165, 1.54) is 50.3 Å². The molecule has 1 atom stereocenters. The Hall–Kier alpha value is -4.90. The smallest absolute Gasteiger partial charge is 0.348 e. The van der Waals surface area contributed by atoms with Crippen LogP contribution in [0.25, 0.3) is 39.3 Å². The summed E-state index contributed by atoms with van der Waals surface area (Å²) in [6.45, 7) is 8.78. The van der Waals surface area contributed by atoms with Crippen LogP contribution in [0.2, 0.25) is 0 Å². The summed E-state index contributed by atoms with van der Waals surface area (Å²) in [6, 6.07) is 32.5. The second-order valence-corrected chi connectivity index (χ2v) is 11.3. The lowest BCUT2D eigenvalue weighted by Crippen LogP contribution is -2.63. The van der Waals surface area contributed by atoms with Crippen molar-refractivity contribution in [3.05, 3.63) is 125 Å². The zero-order valence-corrected chi connectivity index (χ0v) is 22.9. The summed E-state index contributed by atoms with van der Waals surface area (Å²) in [5.74, 6) is 1.79. The molecule has 0 radical (unpaired) electrons. The van der Waals surface area contributed by atoms with Crippen molar-refractivity contribution in [2.45, 2.75) is 33.4 Å². The number of fused-ring (bicyclic) bond motifs is 4. The summed E-state index contributed by atoms with van der Waals surface area (Å²) in [5.41, 5.74) is 14.6. The number of rotatable bonds is 2. The van der Waals surface area contributed by atoms with Gasteiger partial charge in [0.2, 0.25) is 5.69 Å². The Labute approximate surface area is 232 Å². The summed E-state index contributed by atoms with van der Waals surface area (Å²) in [6.07, 6.45) is 0. The number of ether oxygens (including phenoxy) is 1. The molecule has 0 aliphatic carbocycles. The molecule has 3 aliphatic rings. The molecule has 1 unspecified atom stereocenters. The maximum atomic E-state index is 6.58. The lowest BCUT2D eigenvalue weighted by atomic mass is 9.86. The van der Waals surface area contributed by atoms with E-state index in [0.717, 1.165) is 34.1 Å². The van der Waals surface area contributed by atoms with E-state index < -0.39 is 5.66 Å². The quantitative estimate of drug-likeness (QED) is 0.226. The van der Waals surface area contributed by atoms with Gasteiger partial charge in [0.15, 0.2) is 0 Å². The Morgan fingerprint density at radius 2 is 1.45 bits per heavy atom. The monoisotopic (exact) mass is 519 g/mol. The highest BCUT2D eigenvalue weighted by Gasteiger charge is 2.67. The van der Waals surface area contributed by atoms with E-state index in [4.69, 9.17) is 9.84 Å². The molecule has 0 N–H and O–H groups in total. The third-order valence-corrected chi connectivity index (χ3v) is 8.96. The van der Waals surface area contributed by atoms with Gasteiger partial charge in [-0.3, -0.25) is 0 Å². The number of aryl methyl sites for hydroxylation is 4. The summed E-state index contributed by atoms with van der Waals surface area (Å²) in [4.78, 5) is 0. The topological polar surface area (TPSA) is 35.9 Å².